The van der Waals surface area contributed by atoms with E-state index in [1.54, 1.807) is 37.1 Å². The number of hydrogen-bond acceptors (Lipinski definition) is 6. The minimum atomic E-state index is -0.247. The molecule has 0 spiro atoms. The van der Waals surface area contributed by atoms with Crippen molar-refractivity contribution in [2.75, 3.05) is 32.6 Å². The fourth-order valence-electron chi connectivity index (χ4n) is 3.14. The van der Waals surface area contributed by atoms with Gasteiger partial charge in [-0.25, -0.2) is 0 Å². The summed E-state index contributed by atoms with van der Waals surface area (Å²) in [7, 11) is 3.07. The average Bonchev–Trinajstić information content (AvgIpc) is 3.31. The molecule has 6 nitrogen and oxygen atoms in total. The van der Waals surface area contributed by atoms with Gasteiger partial charge in [-0.2, -0.15) is 0 Å². The molecule has 2 aliphatic heterocycles. The highest BCUT2D eigenvalue weighted by atomic mass is 32.2. The molecule has 0 fully saturated rings. The molecule has 27 heavy (non-hydrogen) atoms. The zero-order valence-electron chi connectivity index (χ0n) is 15.1. The van der Waals surface area contributed by atoms with E-state index in [0.717, 1.165) is 35.2 Å². The molecule has 0 bridgehead atoms. The molecule has 4 rings (SSSR count). The summed E-state index contributed by atoms with van der Waals surface area (Å²) in [6.45, 7) is 1.76. The number of benzene rings is 2. The van der Waals surface area contributed by atoms with Gasteiger partial charge in [0.15, 0.2) is 16.7 Å². The number of nitrogens with one attached hydrogen (secondary N) is 1. The Hall–Kier alpha value is -2.93. The Kier molecular flexibility index (Phi) is 4.77. The predicted molar refractivity (Wildman–Crippen MR) is 109 cm³/mol. The van der Waals surface area contributed by atoms with Crippen LogP contribution in [-0.2, 0) is 0 Å². The van der Waals surface area contributed by atoms with Crippen molar-refractivity contribution in [3.05, 3.63) is 59.0 Å². The van der Waals surface area contributed by atoms with Crippen LogP contribution in [0.5, 0.6) is 11.5 Å². The molecule has 0 saturated carbocycles. The molecular weight excluding hydrogens is 362 g/mol. The third-order valence-electron chi connectivity index (χ3n) is 4.45. The van der Waals surface area contributed by atoms with Gasteiger partial charge in [-0.05, 0) is 29.8 Å². The van der Waals surface area contributed by atoms with E-state index in [0.29, 0.717) is 17.1 Å². The topological polar surface area (TPSA) is 63.2 Å². The lowest BCUT2D eigenvalue weighted by Crippen LogP contribution is -2.19. The van der Waals surface area contributed by atoms with Crippen LogP contribution in [0.15, 0.2) is 52.9 Å². The van der Waals surface area contributed by atoms with Gasteiger partial charge >= 0.3 is 0 Å². The normalized spacial score (nSPS) is 15.1. The number of methoxy groups -OCH3 is 2. The highest BCUT2D eigenvalue weighted by molar-refractivity contribution is 8.16. The lowest BCUT2D eigenvalue weighted by Gasteiger charge is -2.17. The average molecular weight is 381 g/mol. The number of thioether (sulfide) groups is 1. The van der Waals surface area contributed by atoms with E-state index in [1.807, 2.05) is 24.3 Å². The van der Waals surface area contributed by atoms with E-state index in [-0.39, 0.29) is 5.91 Å². The van der Waals surface area contributed by atoms with Crippen molar-refractivity contribution >= 4 is 34.2 Å². The van der Waals surface area contributed by atoms with Gasteiger partial charge in [0.1, 0.15) is 0 Å². The van der Waals surface area contributed by atoms with Gasteiger partial charge in [-0.15, -0.1) is 0 Å². The monoisotopic (exact) mass is 381 g/mol. The van der Waals surface area contributed by atoms with Crippen LogP contribution in [0.25, 0.3) is 5.70 Å². The van der Waals surface area contributed by atoms with Crippen LogP contribution in [-0.4, -0.2) is 43.3 Å². The summed E-state index contributed by atoms with van der Waals surface area (Å²) in [6, 6.07) is 13.0. The van der Waals surface area contributed by atoms with Gasteiger partial charge in [-0.1, -0.05) is 30.0 Å². The molecule has 2 heterocycles. The maximum atomic E-state index is 12.7. The van der Waals surface area contributed by atoms with Crippen molar-refractivity contribution < 1.29 is 14.3 Å². The Morgan fingerprint density at radius 1 is 1.15 bits per heavy atom. The highest BCUT2D eigenvalue weighted by Gasteiger charge is 2.27. The van der Waals surface area contributed by atoms with Gasteiger partial charge in [0, 0.05) is 17.6 Å². The summed E-state index contributed by atoms with van der Waals surface area (Å²) in [6.07, 6.45) is 0. The Balaban J connectivity index is 1.51. The standard InChI is InChI=1S/C20H19N3O3S/c1-25-17-5-3-4-15(18(17)26-2)19(24)22-14-8-6-13(7-9-14)16-12-27-20-21-10-11-23(16)20/h3-9,12H,10-11H2,1-2H3,(H,22,24). The van der Waals surface area contributed by atoms with Crippen molar-refractivity contribution in [3.63, 3.8) is 0 Å². The van der Waals surface area contributed by atoms with Crippen molar-refractivity contribution in [3.8, 4) is 11.5 Å². The summed E-state index contributed by atoms with van der Waals surface area (Å²) in [4.78, 5) is 19.4. The number of aliphatic imine (C=N–C) groups is 1. The number of anilines is 1. The molecular formula is C20H19N3O3S. The molecule has 0 atom stereocenters. The van der Waals surface area contributed by atoms with Gasteiger partial charge in [0.25, 0.3) is 5.91 Å². The maximum Gasteiger partial charge on any atom is 0.259 e. The fraction of sp³-hybridized carbons (Fsp3) is 0.200. The van der Waals surface area contributed by atoms with E-state index in [2.05, 4.69) is 20.6 Å². The maximum absolute atomic E-state index is 12.7. The fourth-order valence-corrected chi connectivity index (χ4v) is 4.10. The largest absolute Gasteiger partial charge is 0.493 e. The molecule has 0 unspecified atom stereocenters. The molecule has 1 amide bonds. The van der Waals surface area contributed by atoms with Gasteiger partial charge in [0.05, 0.1) is 32.0 Å². The summed E-state index contributed by atoms with van der Waals surface area (Å²) in [5.41, 5.74) is 3.40. The summed E-state index contributed by atoms with van der Waals surface area (Å²) >= 11 is 1.65. The number of hydrogen-bond donors (Lipinski definition) is 1. The first-order valence-electron chi connectivity index (χ1n) is 8.53. The molecule has 2 aromatic rings. The minimum Gasteiger partial charge on any atom is -0.493 e. The Bertz CT molecular complexity index is 938. The van der Waals surface area contributed by atoms with Crippen molar-refractivity contribution in [1.82, 2.24) is 4.90 Å². The van der Waals surface area contributed by atoms with Crippen molar-refractivity contribution in [2.45, 2.75) is 0 Å². The Morgan fingerprint density at radius 2 is 1.96 bits per heavy atom. The highest BCUT2D eigenvalue weighted by Crippen LogP contribution is 2.35. The zero-order valence-corrected chi connectivity index (χ0v) is 15.9. The predicted octanol–water partition coefficient (Wildman–Crippen LogP) is 3.67. The number of rotatable bonds is 5. The molecule has 2 aromatic carbocycles. The molecule has 138 valence electrons. The Labute approximate surface area is 161 Å². The second-order valence-corrected chi connectivity index (χ2v) is 6.85. The van der Waals surface area contributed by atoms with E-state index in [9.17, 15) is 4.79 Å². The lowest BCUT2D eigenvalue weighted by atomic mass is 10.1. The number of amidine groups is 1. The summed E-state index contributed by atoms with van der Waals surface area (Å²) in [5.74, 6) is 0.695. The van der Waals surface area contributed by atoms with Crippen molar-refractivity contribution in [2.24, 2.45) is 4.99 Å². The molecule has 0 aromatic heterocycles. The first kappa shape index (κ1) is 17.5. The van der Waals surface area contributed by atoms with Crippen LogP contribution < -0.4 is 14.8 Å². The number of carbonyl (C=O) groups is 1. The van der Waals surface area contributed by atoms with E-state index in [1.165, 1.54) is 7.11 Å². The summed E-state index contributed by atoms with van der Waals surface area (Å²) < 4.78 is 10.6. The van der Waals surface area contributed by atoms with E-state index >= 15 is 0 Å². The van der Waals surface area contributed by atoms with Crippen LogP contribution in [0.1, 0.15) is 15.9 Å². The Morgan fingerprint density at radius 3 is 2.70 bits per heavy atom. The van der Waals surface area contributed by atoms with E-state index < -0.39 is 0 Å². The molecule has 0 radical (unpaired) electrons. The third-order valence-corrected chi connectivity index (χ3v) is 5.36. The second-order valence-electron chi connectivity index (χ2n) is 6.01. The minimum absolute atomic E-state index is 0.247. The smallest absolute Gasteiger partial charge is 0.259 e. The first-order chi connectivity index (χ1) is 13.2. The quantitative estimate of drug-likeness (QED) is 0.856. The van der Waals surface area contributed by atoms with Crippen LogP contribution >= 0.6 is 11.8 Å². The SMILES string of the molecule is COc1cccc(C(=O)Nc2ccc(C3=CSC4=NCCN34)cc2)c1OC. The first-order valence-corrected chi connectivity index (χ1v) is 9.41. The molecule has 0 saturated heterocycles. The number of carbonyl (C=O) groups excluding carboxylic acids is 1. The molecule has 2 aliphatic rings. The van der Waals surface area contributed by atoms with Crippen molar-refractivity contribution in [1.29, 1.82) is 0 Å². The van der Waals surface area contributed by atoms with Crippen LogP contribution in [0.3, 0.4) is 0 Å². The number of nitrogens with zero attached hydrogens (tertiary/aromatic N) is 2. The molecule has 7 heteroatoms. The van der Waals surface area contributed by atoms with Gasteiger partial charge in [0.2, 0.25) is 0 Å². The molecule has 0 aliphatic carbocycles. The number of amides is 1. The number of para-hydroxylation sites is 1. The van der Waals surface area contributed by atoms with Gasteiger partial charge in [-0.3, -0.25) is 9.79 Å². The number of fused-ring (bicyclic) bond motifs is 1. The molecule has 1 N–H and O–H groups in total. The van der Waals surface area contributed by atoms with Crippen LogP contribution in [0.2, 0.25) is 0 Å². The van der Waals surface area contributed by atoms with Gasteiger partial charge < -0.3 is 19.7 Å². The zero-order chi connectivity index (χ0) is 18.8. The van der Waals surface area contributed by atoms with Crippen LogP contribution in [0, 0.1) is 0 Å². The summed E-state index contributed by atoms with van der Waals surface area (Å²) in [5, 5.41) is 6.09. The lowest BCUT2D eigenvalue weighted by molar-refractivity contribution is 0.102. The third kappa shape index (κ3) is 3.26. The van der Waals surface area contributed by atoms with E-state index in [4.69, 9.17) is 9.47 Å². The number of ether oxygens (including phenoxy) is 2. The van der Waals surface area contributed by atoms with Crippen LogP contribution in [0.4, 0.5) is 5.69 Å². The second kappa shape index (κ2) is 7.36.